The molecule has 0 radical (unpaired) electrons. The van der Waals surface area contributed by atoms with Crippen molar-refractivity contribution in [2.24, 2.45) is 11.8 Å². The molecule has 0 bridgehead atoms. The number of rotatable bonds is 19. The molecule has 1 aliphatic heterocycles. The van der Waals surface area contributed by atoms with Crippen LogP contribution in [-0.4, -0.2) is 86.9 Å². The van der Waals surface area contributed by atoms with Crippen molar-refractivity contribution in [3.63, 3.8) is 0 Å². The quantitative estimate of drug-likeness (QED) is 0.0715. The van der Waals surface area contributed by atoms with Crippen LogP contribution in [0.25, 0.3) is 0 Å². The van der Waals surface area contributed by atoms with Crippen molar-refractivity contribution >= 4 is 47.1 Å². The fourth-order valence-electron chi connectivity index (χ4n) is 4.61. The third-order valence-electron chi connectivity index (χ3n) is 7.16. The molecular formula is C27H47N5O8S. The first-order chi connectivity index (χ1) is 19.5. The summed E-state index contributed by atoms with van der Waals surface area (Å²) in [5.41, 5.74) is 4.58. The number of aliphatic carboxylic acids is 1. The van der Waals surface area contributed by atoms with Crippen molar-refractivity contribution in [1.29, 1.82) is 0 Å². The van der Waals surface area contributed by atoms with Gasteiger partial charge in [-0.3, -0.25) is 34.2 Å². The van der Waals surface area contributed by atoms with Crippen molar-refractivity contribution < 1.29 is 39.1 Å². The van der Waals surface area contributed by atoms with E-state index in [4.69, 9.17) is 5.21 Å². The fraction of sp³-hybridized carbons (Fsp3) is 0.778. The van der Waals surface area contributed by atoms with Gasteiger partial charge in [0.25, 0.3) is 0 Å². The number of hydrazine groups is 1. The number of hydrogen-bond donors (Lipinski definition) is 6. The topological polar surface area (TPSA) is 194 Å². The van der Waals surface area contributed by atoms with Gasteiger partial charge < -0.3 is 15.7 Å². The lowest BCUT2D eigenvalue weighted by Crippen LogP contribution is -2.62. The Labute approximate surface area is 246 Å². The van der Waals surface area contributed by atoms with Crippen LogP contribution in [0.1, 0.15) is 85.5 Å². The zero-order valence-corrected chi connectivity index (χ0v) is 25.4. The zero-order chi connectivity index (χ0) is 30.9. The van der Waals surface area contributed by atoms with Gasteiger partial charge in [0.05, 0.1) is 6.04 Å². The number of ketones is 1. The Hall–Kier alpha value is -2.71. The number of unbranched alkanes of at least 4 members (excludes halogenated alkanes) is 2. The maximum Gasteiger partial charge on any atom is 0.327 e. The Balaban J connectivity index is 2.92. The molecule has 0 saturated carbocycles. The van der Waals surface area contributed by atoms with Crippen LogP contribution >= 0.6 is 11.8 Å². The van der Waals surface area contributed by atoms with Crippen LogP contribution in [0.4, 0.5) is 0 Å². The average molecular weight is 602 g/mol. The van der Waals surface area contributed by atoms with E-state index in [1.807, 2.05) is 20.8 Å². The molecule has 1 aliphatic rings. The van der Waals surface area contributed by atoms with E-state index in [0.29, 0.717) is 38.0 Å². The minimum absolute atomic E-state index is 0.0910. The lowest BCUT2D eigenvalue weighted by Gasteiger charge is -2.38. The zero-order valence-electron chi connectivity index (χ0n) is 24.6. The molecule has 1 rings (SSSR count). The third-order valence-corrected chi connectivity index (χ3v) is 8.22. The van der Waals surface area contributed by atoms with Crippen molar-refractivity contribution in [3.05, 3.63) is 0 Å². The Kier molecular flexibility index (Phi) is 17.2. The Morgan fingerprint density at radius 2 is 1.80 bits per heavy atom. The number of Topliss-reactive ketones (excluding diaryl/α,β-unsaturated/α-hetero) is 1. The number of carboxylic acid groups (broad SMARTS) is 1. The summed E-state index contributed by atoms with van der Waals surface area (Å²) >= 11 is 1.22. The molecule has 0 aliphatic carbocycles. The molecule has 13 nitrogen and oxygen atoms in total. The van der Waals surface area contributed by atoms with Crippen molar-refractivity contribution in [1.82, 2.24) is 26.5 Å². The number of carboxylic acids is 1. The average Bonchev–Trinajstić information content (AvgIpc) is 2.95. The van der Waals surface area contributed by atoms with E-state index in [1.54, 1.807) is 5.48 Å². The molecule has 0 aromatic rings. The Morgan fingerprint density at radius 3 is 2.39 bits per heavy atom. The number of carbonyl (C=O) groups excluding carboxylic acids is 5. The first-order valence-electron chi connectivity index (χ1n) is 14.4. The lowest BCUT2D eigenvalue weighted by molar-refractivity contribution is -0.152. The van der Waals surface area contributed by atoms with Gasteiger partial charge in [-0.1, -0.05) is 46.5 Å². The molecule has 6 N–H and O–H groups in total. The number of thioether (sulfide) groups is 1. The lowest BCUT2D eigenvalue weighted by atomic mass is 9.92. The highest BCUT2D eigenvalue weighted by atomic mass is 32.2. The van der Waals surface area contributed by atoms with E-state index in [9.17, 15) is 33.9 Å². The van der Waals surface area contributed by atoms with Gasteiger partial charge in [0.15, 0.2) is 5.78 Å². The number of hydrogen-bond acceptors (Lipinski definition) is 9. The SMILES string of the molecule is CCCCCC(CC(=O)NO)C(=O)N1NCCCC1C(=O)NC(C(=O)CCSC[C@H](NC(C)=O)C(=O)O)C(C)CC. The summed E-state index contributed by atoms with van der Waals surface area (Å²) in [5.74, 6) is -3.85. The summed E-state index contributed by atoms with van der Waals surface area (Å²) in [6, 6.07) is -2.72. The summed E-state index contributed by atoms with van der Waals surface area (Å²) in [6.07, 6.45) is 4.49. The highest BCUT2D eigenvalue weighted by Gasteiger charge is 2.38. The summed E-state index contributed by atoms with van der Waals surface area (Å²) in [6.45, 7) is 7.49. The maximum atomic E-state index is 13.5. The second kappa shape index (κ2) is 19.4. The van der Waals surface area contributed by atoms with Crippen LogP contribution in [0.5, 0.6) is 0 Å². The summed E-state index contributed by atoms with van der Waals surface area (Å²) in [7, 11) is 0. The maximum absolute atomic E-state index is 13.5. The van der Waals surface area contributed by atoms with Crippen LogP contribution in [-0.2, 0) is 28.8 Å². The largest absolute Gasteiger partial charge is 0.480 e. The fourth-order valence-corrected chi connectivity index (χ4v) is 5.58. The van der Waals surface area contributed by atoms with Gasteiger partial charge in [0.1, 0.15) is 12.1 Å². The predicted octanol–water partition coefficient (Wildman–Crippen LogP) is 1.39. The van der Waals surface area contributed by atoms with Crippen molar-refractivity contribution in [3.8, 4) is 0 Å². The van der Waals surface area contributed by atoms with Gasteiger partial charge in [-0.05, 0) is 25.2 Å². The molecule has 1 fully saturated rings. The van der Waals surface area contributed by atoms with Gasteiger partial charge in [0, 0.05) is 43.7 Å². The monoisotopic (exact) mass is 601 g/mol. The highest BCUT2D eigenvalue weighted by Crippen LogP contribution is 2.22. The second-order valence-corrected chi connectivity index (χ2v) is 11.6. The first kappa shape index (κ1) is 36.3. The molecule has 1 saturated heterocycles. The molecule has 0 aromatic heterocycles. The van der Waals surface area contributed by atoms with Crippen LogP contribution in [0, 0.1) is 11.8 Å². The van der Waals surface area contributed by atoms with Crippen molar-refractivity contribution in [2.45, 2.75) is 104 Å². The Morgan fingerprint density at radius 1 is 1.10 bits per heavy atom. The van der Waals surface area contributed by atoms with E-state index in [1.165, 1.54) is 23.7 Å². The number of nitrogens with one attached hydrogen (secondary N) is 4. The van der Waals surface area contributed by atoms with Crippen LogP contribution < -0.4 is 21.5 Å². The van der Waals surface area contributed by atoms with E-state index >= 15 is 0 Å². The molecule has 5 atom stereocenters. The van der Waals surface area contributed by atoms with E-state index < -0.39 is 53.6 Å². The summed E-state index contributed by atoms with van der Waals surface area (Å²) in [4.78, 5) is 74.6. The predicted molar refractivity (Wildman–Crippen MR) is 154 cm³/mol. The van der Waals surface area contributed by atoms with Gasteiger partial charge in [0.2, 0.25) is 23.6 Å². The molecular weight excluding hydrogens is 554 g/mol. The molecule has 1 heterocycles. The minimum atomic E-state index is -1.16. The van der Waals surface area contributed by atoms with Gasteiger partial charge in [-0.25, -0.2) is 15.7 Å². The van der Waals surface area contributed by atoms with Gasteiger partial charge in [-0.2, -0.15) is 11.8 Å². The second-order valence-electron chi connectivity index (χ2n) is 10.5. The van der Waals surface area contributed by atoms with E-state index in [2.05, 4.69) is 16.1 Å². The summed E-state index contributed by atoms with van der Waals surface area (Å²) < 4.78 is 0. The smallest absolute Gasteiger partial charge is 0.327 e. The number of amides is 4. The van der Waals surface area contributed by atoms with Crippen LogP contribution in [0.3, 0.4) is 0 Å². The first-order valence-corrected chi connectivity index (χ1v) is 15.5. The molecule has 41 heavy (non-hydrogen) atoms. The Bertz CT molecular complexity index is 905. The van der Waals surface area contributed by atoms with Gasteiger partial charge >= 0.3 is 5.97 Å². The van der Waals surface area contributed by atoms with E-state index in [-0.39, 0.29) is 30.3 Å². The van der Waals surface area contributed by atoms with Crippen LogP contribution in [0.2, 0.25) is 0 Å². The standard InChI is InChI=1S/C27H47N5O8S/c1-5-7-8-10-19(15-23(35)31-40)26(37)32-21(11-9-13-28-32)25(36)30-24(17(3)6-2)22(34)12-14-41-16-20(27(38)39)29-18(4)33/h17,19-21,24,28,40H,5-16H2,1-4H3,(H,29,33)(H,30,36)(H,31,35)(H,38,39)/t17?,19?,20-,21?,24?/m0/s1. The number of carbonyl (C=O) groups is 6. The van der Waals surface area contributed by atoms with Gasteiger partial charge in [-0.15, -0.1) is 0 Å². The molecule has 0 spiro atoms. The third kappa shape index (κ3) is 12.8. The van der Waals surface area contributed by atoms with Crippen LogP contribution in [0.15, 0.2) is 0 Å². The highest BCUT2D eigenvalue weighted by molar-refractivity contribution is 7.99. The molecule has 4 unspecified atom stereocenters. The number of hydroxylamine groups is 1. The number of nitrogens with zero attached hydrogens (tertiary/aromatic N) is 1. The minimum Gasteiger partial charge on any atom is -0.480 e. The molecule has 14 heteroatoms. The molecule has 0 aromatic carbocycles. The van der Waals surface area contributed by atoms with Crippen molar-refractivity contribution in [2.75, 3.05) is 18.1 Å². The summed E-state index contributed by atoms with van der Waals surface area (Å²) in [5, 5.41) is 24.7. The van der Waals surface area contributed by atoms with E-state index in [0.717, 1.165) is 19.3 Å². The molecule has 4 amide bonds. The normalized spacial score (nSPS) is 18.0. The molecule has 234 valence electrons.